The van der Waals surface area contributed by atoms with E-state index >= 15 is 0 Å². The van der Waals surface area contributed by atoms with Crippen molar-refractivity contribution in [3.8, 4) is 0 Å². The summed E-state index contributed by atoms with van der Waals surface area (Å²) in [5.41, 5.74) is 1.31. The third kappa shape index (κ3) is 4.10. The van der Waals surface area contributed by atoms with Crippen LogP contribution >= 0.6 is 0 Å². The van der Waals surface area contributed by atoms with Gasteiger partial charge in [0.2, 0.25) is 0 Å². The molecule has 1 fully saturated rings. The van der Waals surface area contributed by atoms with Crippen molar-refractivity contribution in [2.24, 2.45) is 17.8 Å². The van der Waals surface area contributed by atoms with Gasteiger partial charge in [-0.15, -0.1) is 0 Å². The van der Waals surface area contributed by atoms with E-state index in [-0.39, 0.29) is 0 Å². The molecule has 114 valence electrons. The first-order chi connectivity index (χ1) is 9.45. The van der Waals surface area contributed by atoms with Gasteiger partial charge in [0.05, 0.1) is 6.54 Å². The van der Waals surface area contributed by atoms with Crippen molar-refractivity contribution >= 4 is 0 Å². The lowest BCUT2D eigenvalue weighted by Gasteiger charge is -2.12. The normalized spacial score (nSPS) is 23.9. The Hall–Kier alpha value is -0.800. The first-order valence-electron chi connectivity index (χ1n) is 7.97. The van der Waals surface area contributed by atoms with E-state index in [2.05, 4.69) is 50.9 Å². The van der Waals surface area contributed by atoms with Gasteiger partial charge in [0.25, 0.3) is 0 Å². The quantitative estimate of drug-likeness (QED) is 0.864. The minimum Gasteiger partial charge on any atom is -0.465 e. The van der Waals surface area contributed by atoms with E-state index in [4.69, 9.17) is 4.42 Å². The van der Waals surface area contributed by atoms with Crippen molar-refractivity contribution in [2.45, 2.75) is 47.7 Å². The average Bonchev–Trinajstić information content (AvgIpc) is 2.83. The van der Waals surface area contributed by atoms with Crippen LogP contribution in [0.15, 0.2) is 10.5 Å². The van der Waals surface area contributed by atoms with Crippen LogP contribution in [0.2, 0.25) is 0 Å². The van der Waals surface area contributed by atoms with Crippen molar-refractivity contribution in [1.82, 2.24) is 10.2 Å². The molecular formula is C17H30N2O. The third-order valence-corrected chi connectivity index (χ3v) is 4.38. The van der Waals surface area contributed by atoms with Crippen LogP contribution in [0.1, 0.15) is 44.8 Å². The van der Waals surface area contributed by atoms with Crippen LogP contribution in [-0.4, -0.2) is 24.5 Å². The lowest BCUT2D eigenvalue weighted by atomic mass is 10.0. The van der Waals surface area contributed by atoms with Crippen molar-refractivity contribution < 1.29 is 4.42 Å². The van der Waals surface area contributed by atoms with Crippen LogP contribution in [0.3, 0.4) is 0 Å². The molecule has 0 radical (unpaired) electrons. The van der Waals surface area contributed by atoms with Crippen LogP contribution in [0.25, 0.3) is 0 Å². The Morgan fingerprint density at radius 3 is 2.55 bits per heavy atom. The molecule has 2 heterocycles. The first-order valence-corrected chi connectivity index (χ1v) is 7.97. The molecule has 1 saturated heterocycles. The van der Waals surface area contributed by atoms with Gasteiger partial charge in [-0.3, -0.25) is 4.90 Å². The Morgan fingerprint density at radius 2 is 1.95 bits per heavy atom. The Morgan fingerprint density at radius 1 is 1.30 bits per heavy atom. The summed E-state index contributed by atoms with van der Waals surface area (Å²) < 4.78 is 5.92. The Balaban J connectivity index is 1.87. The fraction of sp³-hybridized carbons (Fsp3) is 0.765. The number of hydrogen-bond donors (Lipinski definition) is 1. The molecule has 0 saturated carbocycles. The molecule has 0 amide bonds. The molecule has 3 nitrogen and oxygen atoms in total. The van der Waals surface area contributed by atoms with Crippen LogP contribution in [0.4, 0.5) is 0 Å². The van der Waals surface area contributed by atoms with Gasteiger partial charge in [-0.1, -0.05) is 27.7 Å². The average molecular weight is 278 g/mol. The number of aryl methyl sites for hydroxylation is 1. The number of furan rings is 1. The summed E-state index contributed by atoms with van der Waals surface area (Å²) in [5, 5.41) is 3.49. The molecule has 3 heteroatoms. The summed E-state index contributed by atoms with van der Waals surface area (Å²) in [6, 6.07) is 2.23. The van der Waals surface area contributed by atoms with E-state index < -0.39 is 0 Å². The topological polar surface area (TPSA) is 28.4 Å². The summed E-state index contributed by atoms with van der Waals surface area (Å²) in [5.74, 6) is 4.48. The molecule has 1 N–H and O–H groups in total. The highest BCUT2D eigenvalue weighted by molar-refractivity contribution is 5.20. The minimum absolute atomic E-state index is 0.689. The van der Waals surface area contributed by atoms with Crippen molar-refractivity contribution in [1.29, 1.82) is 0 Å². The Bertz CT molecular complexity index is 415. The summed E-state index contributed by atoms with van der Waals surface area (Å²) in [4.78, 5) is 2.51. The molecule has 0 spiro atoms. The van der Waals surface area contributed by atoms with Crippen molar-refractivity contribution in [3.63, 3.8) is 0 Å². The predicted octanol–water partition coefficient (Wildman–Crippen LogP) is 3.42. The maximum absolute atomic E-state index is 5.92. The van der Waals surface area contributed by atoms with Gasteiger partial charge in [-0.2, -0.15) is 0 Å². The SMILES string of the molecule is Cc1oc(CN2CC(C)C(C)C2)cc1CNCC(C)C. The molecule has 1 aromatic rings. The molecule has 2 atom stereocenters. The summed E-state index contributed by atoms with van der Waals surface area (Å²) in [6.07, 6.45) is 0. The molecular weight excluding hydrogens is 248 g/mol. The second-order valence-corrected chi connectivity index (χ2v) is 6.97. The van der Waals surface area contributed by atoms with E-state index in [1.807, 2.05) is 0 Å². The van der Waals surface area contributed by atoms with Crippen molar-refractivity contribution in [2.75, 3.05) is 19.6 Å². The standard InChI is InChI=1S/C17H30N2O/c1-12(2)7-18-8-16-6-17(20-15(16)5)11-19-9-13(3)14(4)10-19/h6,12-14,18H,7-11H2,1-5H3. The number of nitrogens with one attached hydrogen (secondary N) is 1. The zero-order chi connectivity index (χ0) is 14.7. The number of nitrogens with zero attached hydrogens (tertiary/aromatic N) is 1. The molecule has 0 bridgehead atoms. The van der Waals surface area contributed by atoms with Crippen LogP contribution < -0.4 is 5.32 Å². The summed E-state index contributed by atoms with van der Waals surface area (Å²) in [6.45, 7) is 16.6. The molecule has 2 rings (SSSR count). The summed E-state index contributed by atoms with van der Waals surface area (Å²) in [7, 11) is 0. The molecule has 0 aromatic carbocycles. The maximum Gasteiger partial charge on any atom is 0.118 e. The van der Waals surface area contributed by atoms with E-state index in [1.165, 1.54) is 18.7 Å². The Labute approximate surface area is 123 Å². The van der Waals surface area contributed by atoms with Gasteiger partial charge in [0.1, 0.15) is 11.5 Å². The van der Waals surface area contributed by atoms with E-state index in [0.717, 1.165) is 43.0 Å². The van der Waals surface area contributed by atoms with E-state index in [0.29, 0.717) is 5.92 Å². The van der Waals surface area contributed by atoms with E-state index in [9.17, 15) is 0 Å². The third-order valence-electron chi connectivity index (χ3n) is 4.38. The molecule has 0 aliphatic carbocycles. The van der Waals surface area contributed by atoms with Gasteiger partial charge < -0.3 is 9.73 Å². The molecule has 2 unspecified atom stereocenters. The minimum atomic E-state index is 0.689. The number of likely N-dealkylation sites (tertiary alicyclic amines) is 1. The smallest absolute Gasteiger partial charge is 0.118 e. The highest BCUT2D eigenvalue weighted by atomic mass is 16.3. The van der Waals surface area contributed by atoms with Gasteiger partial charge >= 0.3 is 0 Å². The Kier molecular flexibility index (Phi) is 5.28. The van der Waals surface area contributed by atoms with Gasteiger partial charge in [0, 0.05) is 25.2 Å². The van der Waals surface area contributed by atoms with E-state index in [1.54, 1.807) is 0 Å². The predicted molar refractivity (Wildman–Crippen MR) is 83.6 cm³/mol. The summed E-state index contributed by atoms with van der Waals surface area (Å²) >= 11 is 0. The highest BCUT2D eigenvalue weighted by Crippen LogP contribution is 2.25. The van der Waals surface area contributed by atoms with Crippen LogP contribution in [-0.2, 0) is 13.1 Å². The van der Waals surface area contributed by atoms with Crippen LogP contribution in [0.5, 0.6) is 0 Å². The molecule has 1 aliphatic heterocycles. The van der Waals surface area contributed by atoms with Gasteiger partial charge in [-0.25, -0.2) is 0 Å². The highest BCUT2D eigenvalue weighted by Gasteiger charge is 2.26. The fourth-order valence-corrected chi connectivity index (χ4v) is 2.93. The van der Waals surface area contributed by atoms with Crippen molar-refractivity contribution in [3.05, 3.63) is 23.2 Å². The number of hydrogen-bond acceptors (Lipinski definition) is 3. The molecule has 1 aromatic heterocycles. The first kappa shape index (κ1) is 15.6. The zero-order valence-corrected chi connectivity index (χ0v) is 13.7. The number of rotatable bonds is 6. The van der Waals surface area contributed by atoms with Gasteiger partial charge in [-0.05, 0) is 37.3 Å². The molecule has 1 aliphatic rings. The zero-order valence-electron chi connectivity index (χ0n) is 13.7. The second kappa shape index (κ2) is 6.77. The lowest BCUT2D eigenvalue weighted by Crippen LogP contribution is -2.20. The largest absolute Gasteiger partial charge is 0.465 e. The molecule has 20 heavy (non-hydrogen) atoms. The lowest BCUT2D eigenvalue weighted by molar-refractivity contribution is 0.283. The fourth-order valence-electron chi connectivity index (χ4n) is 2.93. The second-order valence-electron chi connectivity index (χ2n) is 6.97. The van der Waals surface area contributed by atoms with Gasteiger partial charge in [0.15, 0.2) is 0 Å². The maximum atomic E-state index is 5.92. The van der Waals surface area contributed by atoms with Crippen LogP contribution in [0, 0.1) is 24.7 Å². The monoisotopic (exact) mass is 278 g/mol.